The van der Waals surface area contributed by atoms with E-state index in [1.807, 2.05) is 68.4 Å². The molecule has 0 N–H and O–H groups in total. The summed E-state index contributed by atoms with van der Waals surface area (Å²) in [6, 6.07) is 20.5. The predicted molar refractivity (Wildman–Crippen MR) is 134 cm³/mol. The number of rotatable bonds is 5. The number of carbonyl (C=O) groups is 1. The first kappa shape index (κ1) is 22.2. The second-order valence-electron chi connectivity index (χ2n) is 8.35. The van der Waals surface area contributed by atoms with E-state index in [1.54, 1.807) is 34.8 Å². The maximum atomic E-state index is 13.4. The predicted octanol–water partition coefficient (Wildman–Crippen LogP) is 4.39. The summed E-state index contributed by atoms with van der Waals surface area (Å²) in [4.78, 5) is 37.1. The van der Waals surface area contributed by atoms with Crippen molar-refractivity contribution in [2.24, 2.45) is 0 Å². The van der Waals surface area contributed by atoms with Gasteiger partial charge in [0.1, 0.15) is 17.8 Å². The lowest BCUT2D eigenvalue weighted by atomic mass is 10.1. The molecule has 8 nitrogen and oxygen atoms in total. The number of carbonyl (C=O) groups excluding carboxylic acids is 1. The van der Waals surface area contributed by atoms with Crippen molar-refractivity contribution < 1.29 is 9.32 Å². The van der Waals surface area contributed by atoms with Crippen LogP contribution in [0.2, 0.25) is 0 Å². The number of anilines is 1. The summed E-state index contributed by atoms with van der Waals surface area (Å²) in [6.45, 7) is 3.77. The van der Waals surface area contributed by atoms with Crippen LogP contribution in [0.5, 0.6) is 0 Å². The number of amides is 1. The topological polar surface area (TPSA) is 94.1 Å². The number of hydrogen-bond donors (Lipinski definition) is 0. The van der Waals surface area contributed by atoms with Crippen LogP contribution in [0.1, 0.15) is 11.3 Å². The zero-order chi connectivity index (χ0) is 24.5. The SMILES string of the molecule is Cc1ccc2c(=O)c(-c3nc(-c4ccccc4C)no3)cn(CC(=O)N(C)c3ccccc3)c2n1. The molecule has 0 saturated carbocycles. The maximum absolute atomic E-state index is 13.4. The van der Waals surface area contributed by atoms with Crippen LogP contribution in [0.15, 0.2) is 82.2 Å². The highest BCUT2D eigenvalue weighted by atomic mass is 16.5. The molecule has 1 amide bonds. The van der Waals surface area contributed by atoms with E-state index in [-0.39, 0.29) is 29.3 Å². The third-order valence-electron chi connectivity index (χ3n) is 5.93. The van der Waals surface area contributed by atoms with Crippen LogP contribution in [0, 0.1) is 13.8 Å². The lowest BCUT2D eigenvalue weighted by Gasteiger charge is -2.19. The lowest BCUT2D eigenvalue weighted by molar-refractivity contribution is -0.118. The Morgan fingerprint density at radius 1 is 0.943 bits per heavy atom. The zero-order valence-corrected chi connectivity index (χ0v) is 19.6. The first-order chi connectivity index (χ1) is 16.9. The smallest absolute Gasteiger partial charge is 0.263 e. The average Bonchev–Trinajstić information content (AvgIpc) is 3.35. The van der Waals surface area contributed by atoms with E-state index < -0.39 is 0 Å². The highest BCUT2D eigenvalue weighted by Gasteiger charge is 2.20. The molecular formula is C27H23N5O3. The number of aryl methyl sites for hydroxylation is 2. The fraction of sp³-hybridized carbons (Fsp3) is 0.148. The fourth-order valence-electron chi connectivity index (χ4n) is 3.95. The lowest BCUT2D eigenvalue weighted by Crippen LogP contribution is -2.30. The number of pyridine rings is 2. The highest BCUT2D eigenvalue weighted by Crippen LogP contribution is 2.24. The van der Waals surface area contributed by atoms with Gasteiger partial charge in [-0.1, -0.05) is 47.6 Å². The monoisotopic (exact) mass is 465 g/mol. The summed E-state index contributed by atoms with van der Waals surface area (Å²) < 4.78 is 7.17. The molecule has 0 spiro atoms. The van der Waals surface area contributed by atoms with Crippen LogP contribution in [0.25, 0.3) is 33.9 Å². The van der Waals surface area contributed by atoms with Crippen molar-refractivity contribution in [2.75, 3.05) is 11.9 Å². The Morgan fingerprint density at radius 2 is 1.69 bits per heavy atom. The van der Waals surface area contributed by atoms with Gasteiger partial charge >= 0.3 is 0 Å². The maximum Gasteiger partial charge on any atom is 0.263 e. The van der Waals surface area contributed by atoms with E-state index in [2.05, 4.69) is 15.1 Å². The minimum absolute atomic E-state index is 0.0234. The molecule has 8 heteroatoms. The Balaban J connectivity index is 1.60. The minimum atomic E-state index is -0.285. The Labute approximate surface area is 201 Å². The van der Waals surface area contributed by atoms with Crippen molar-refractivity contribution in [3.63, 3.8) is 0 Å². The molecule has 0 aliphatic carbocycles. The quantitative estimate of drug-likeness (QED) is 0.382. The molecule has 5 rings (SSSR count). The molecular weight excluding hydrogens is 442 g/mol. The highest BCUT2D eigenvalue weighted by molar-refractivity contribution is 5.93. The normalized spacial score (nSPS) is 11.1. The summed E-state index contributed by atoms with van der Waals surface area (Å²) >= 11 is 0. The van der Waals surface area contributed by atoms with Gasteiger partial charge in [0.15, 0.2) is 0 Å². The Hall–Kier alpha value is -4.59. The number of aromatic nitrogens is 4. The number of fused-ring (bicyclic) bond motifs is 1. The molecule has 0 bridgehead atoms. The number of nitrogens with zero attached hydrogens (tertiary/aromatic N) is 5. The van der Waals surface area contributed by atoms with Gasteiger partial charge in [0.05, 0.1) is 5.39 Å². The van der Waals surface area contributed by atoms with Gasteiger partial charge in [-0.25, -0.2) is 4.98 Å². The van der Waals surface area contributed by atoms with E-state index in [1.165, 1.54) is 0 Å². The molecule has 3 heterocycles. The Bertz CT molecular complexity index is 1600. The van der Waals surface area contributed by atoms with E-state index in [4.69, 9.17) is 4.52 Å². The summed E-state index contributed by atoms with van der Waals surface area (Å²) in [7, 11) is 1.72. The first-order valence-corrected chi connectivity index (χ1v) is 11.1. The van der Waals surface area contributed by atoms with Crippen molar-refractivity contribution in [2.45, 2.75) is 20.4 Å². The van der Waals surface area contributed by atoms with Gasteiger partial charge in [0.25, 0.3) is 5.89 Å². The second kappa shape index (κ2) is 8.98. The van der Waals surface area contributed by atoms with Crippen LogP contribution < -0.4 is 10.3 Å². The number of likely N-dealkylation sites (N-methyl/N-ethyl adjacent to an activating group) is 1. The zero-order valence-electron chi connectivity index (χ0n) is 19.6. The average molecular weight is 466 g/mol. The standard InChI is InChI=1S/C27H23N5O3/c1-17-9-7-8-12-20(17)25-29-27(35-30-25)22-15-32(26-21(24(22)34)14-13-18(2)28-26)16-23(33)31(3)19-10-5-4-6-11-19/h4-15H,16H2,1-3H3. The van der Waals surface area contributed by atoms with Crippen molar-refractivity contribution >= 4 is 22.6 Å². The molecule has 35 heavy (non-hydrogen) atoms. The van der Waals surface area contributed by atoms with Crippen LogP contribution in [-0.2, 0) is 11.3 Å². The van der Waals surface area contributed by atoms with Gasteiger partial charge in [0.2, 0.25) is 17.2 Å². The van der Waals surface area contributed by atoms with Gasteiger partial charge in [-0.2, -0.15) is 4.98 Å². The second-order valence-corrected chi connectivity index (χ2v) is 8.35. The third-order valence-corrected chi connectivity index (χ3v) is 5.93. The molecule has 174 valence electrons. The number of para-hydroxylation sites is 1. The summed E-state index contributed by atoms with van der Waals surface area (Å²) in [5, 5.41) is 4.47. The summed E-state index contributed by atoms with van der Waals surface area (Å²) in [5.74, 6) is 0.320. The van der Waals surface area contributed by atoms with E-state index in [0.29, 0.717) is 16.9 Å². The van der Waals surface area contributed by atoms with Gasteiger partial charge < -0.3 is 14.0 Å². The molecule has 0 radical (unpaired) electrons. The summed E-state index contributed by atoms with van der Waals surface area (Å²) in [5.41, 5.74) is 3.67. The van der Waals surface area contributed by atoms with Crippen LogP contribution in [0.3, 0.4) is 0 Å². The van der Waals surface area contributed by atoms with Crippen molar-refractivity contribution in [3.8, 4) is 22.8 Å². The number of hydrogen-bond acceptors (Lipinski definition) is 6. The molecule has 0 aliphatic rings. The fourth-order valence-corrected chi connectivity index (χ4v) is 3.95. The largest absolute Gasteiger partial charge is 0.333 e. The van der Waals surface area contributed by atoms with Crippen molar-refractivity contribution in [3.05, 3.63) is 94.4 Å². The molecule has 0 aliphatic heterocycles. The third kappa shape index (κ3) is 4.21. The molecule has 3 aromatic heterocycles. The minimum Gasteiger partial charge on any atom is -0.333 e. The van der Waals surface area contributed by atoms with Crippen LogP contribution >= 0.6 is 0 Å². The molecule has 0 atom stereocenters. The van der Waals surface area contributed by atoms with Crippen molar-refractivity contribution in [1.82, 2.24) is 19.7 Å². The van der Waals surface area contributed by atoms with Gasteiger partial charge in [-0.15, -0.1) is 0 Å². The molecule has 5 aromatic rings. The van der Waals surface area contributed by atoms with E-state index in [9.17, 15) is 9.59 Å². The van der Waals surface area contributed by atoms with E-state index >= 15 is 0 Å². The van der Waals surface area contributed by atoms with Crippen LogP contribution in [0.4, 0.5) is 5.69 Å². The molecule has 0 fully saturated rings. The van der Waals surface area contributed by atoms with Crippen molar-refractivity contribution in [1.29, 1.82) is 0 Å². The molecule has 0 saturated heterocycles. The van der Waals surface area contributed by atoms with E-state index in [0.717, 1.165) is 22.5 Å². The Kier molecular flexibility index (Phi) is 5.70. The number of benzene rings is 2. The first-order valence-electron chi connectivity index (χ1n) is 11.1. The van der Waals surface area contributed by atoms with Gasteiger partial charge in [-0.05, 0) is 43.7 Å². The van der Waals surface area contributed by atoms with Crippen LogP contribution in [-0.4, -0.2) is 32.6 Å². The molecule has 0 unspecified atom stereocenters. The summed E-state index contributed by atoms with van der Waals surface area (Å²) in [6.07, 6.45) is 1.57. The Morgan fingerprint density at radius 3 is 2.46 bits per heavy atom. The van der Waals surface area contributed by atoms with Gasteiger partial charge in [0, 0.05) is 30.2 Å². The molecule has 2 aromatic carbocycles. The van der Waals surface area contributed by atoms with Gasteiger partial charge in [-0.3, -0.25) is 9.59 Å².